The van der Waals surface area contributed by atoms with Crippen LogP contribution in [-0.2, 0) is 0 Å². The van der Waals surface area contributed by atoms with Crippen molar-refractivity contribution in [2.24, 2.45) is 0 Å². The summed E-state index contributed by atoms with van der Waals surface area (Å²) in [5.41, 5.74) is 0. The molecule has 0 unspecified atom stereocenters. The van der Waals surface area contributed by atoms with Crippen molar-refractivity contribution in [2.75, 3.05) is 0 Å². The van der Waals surface area contributed by atoms with Gasteiger partial charge in [-0.15, -0.1) is 0 Å². The van der Waals surface area contributed by atoms with Gasteiger partial charge in [0, 0.05) is 0 Å². The van der Waals surface area contributed by atoms with Crippen LogP contribution in [-0.4, -0.2) is 48.9 Å². The average molecular weight is 423 g/mol. The van der Waals surface area contributed by atoms with Gasteiger partial charge in [0.15, 0.2) is 0 Å². The van der Waals surface area contributed by atoms with Gasteiger partial charge < -0.3 is 6.87 Å². The minimum atomic E-state index is 0. The monoisotopic (exact) mass is 424 g/mol. The fourth-order valence-electron chi connectivity index (χ4n) is 0. The molecular weight excluding hydrogens is 423 g/mol. The molecule has 0 atom stereocenters. The van der Waals surface area contributed by atoms with Gasteiger partial charge in [-0.25, -0.2) is 46.0 Å². The second-order valence-corrected chi connectivity index (χ2v) is 0. The molecule has 0 bridgehead atoms. The van der Waals surface area contributed by atoms with Crippen LogP contribution in [0.15, 0.2) is 0 Å². The molecule has 0 N–H and O–H groups in total. The van der Waals surface area contributed by atoms with Gasteiger partial charge in [0.1, 0.15) is 0 Å². The first-order valence-corrected chi connectivity index (χ1v) is 2.07. The molecule has 0 rings (SSSR count). The molecule has 28 valence electrons. The van der Waals surface area contributed by atoms with Gasteiger partial charge in [0.05, 0.1) is 0 Å². The first kappa shape index (κ1) is 15.7. The van der Waals surface area contributed by atoms with Gasteiger partial charge in [0.25, 0.3) is 0 Å². The SMILES string of the molecule is [Ba+2].[O-]I.[O-]I. The van der Waals surface area contributed by atoms with Crippen LogP contribution in [0, 0.1) is 0 Å². The summed E-state index contributed by atoms with van der Waals surface area (Å²) in [7, 11) is 0. The molecule has 0 aliphatic rings. The van der Waals surface area contributed by atoms with E-state index >= 15 is 0 Å². The second-order valence-electron chi connectivity index (χ2n) is 0. The zero-order valence-electron chi connectivity index (χ0n) is 2.28. The van der Waals surface area contributed by atoms with E-state index in [1.165, 1.54) is 0 Å². The summed E-state index contributed by atoms with van der Waals surface area (Å²) in [5, 5.41) is 0. The molecule has 0 saturated carbocycles. The summed E-state index contributed by atoms with van der Waals surface area (Å²) in [6.45, 7) is 0. The standard InChI is InChI=1S/Ba.2IO/c;2*1-2/q+2;2*-1. The van der Waals surface area contributed by atoms with Crippen molar-refractivity contribution in [2.45, 2.75) is 0 Å². The van der Waals surface area contributed by atoms with Crippen LogP contribution >= 0.6 is 46.0 Å². The van der Waals surface area contributed by atoms with E-state index in [1.807, 2.05) is 0 Å². The molecular formula is BaI2O2. The van der Waals surface area contributed by atoms with Gasteiger partial charge in [-0.2, -0.15) is 0 Å². The third kappa shape index (κ3) is 19.6. The van der Waals surface area contributed by atoms with Crippen LogP contribution in [0.5, 0.6) is 0 Å². The van der Waals surface area contributed by atoms with E-state index < -0.39 is 0 Å². The third-order valence-electron chi connectivity index (χ3n) is 0. The Bertz CT molecular complexity index is 7.61. The Hall–Kier alpha value is 2.95. The van der Waals surface area contributed by atoms with E-state index in [-0.39, 0.29) is 48.9 Å². The van der Waals surface area contributed by atoms with Crippen molar-refractivity contribution in [1.82, 2.24) is 0 Å². The first-order valence-electron chi connectivity index (χ1n) is 0.309. The van der Waals surface area contributed by atoms with Gasteiger partial charge in [0.2, 0.25) is 0 Å². The summed E-state index contributed by atoms with van der Waals surface area (Å²) < 4.78 is 16.4. The van der Waals surface area contributed by atoms with E-state index in [9.17, 15) is 0 Å². The van der Waals surface area contributed by atoms with Gasteiger partial charge >= 0.3 is 48.9 Å². The molecule has 0 aromatic rings. The van der Waals surface area contributed by atoms with Crippen LogP contribution < -0.4 is 6.87 Å². The van der Waals surface area contributed by atoms with Gasteiger partial charge in [-0.3, -0.25) is 0 Å². The molecule has 0 aliphatic carbocycles. The van der Waals surface area contributed by atoms with E-state index in [0.29, 0.717) is 0 Å². The molecule has 0 fully saturated rings. The minimum Gasteiger partial charge on any atom is -0.795 e. The van der Waals surface area contributed by atoms with Crippen molar-refractivity contribution < 1.29 is 6.87 Å². The Labute approximate surface area is 99.2 Å². The summed E-state index contributed by atoms with van der Waals surface area (Å²) in [6.07, 6.45) is 0. The Morgan fingerprint density at radius 1 is 0.800 bits per heavy atom. The summed E-state index contributed by atoms with van der Waals surface area (Å²) in [6, 6.07) is 0. The normalized spacial score (nSPS) is 2.40. The Morgan fingerprint density at radius 2 is 0.800 bits per heavy atom. The maximum atomic E-state index is 8.22. The Kier molecular flexibility index (Phi) is 88.6. The summed E-state index contributed by atoms with van der Waals surface area (Å²) in [4.78, 5) is 0. The molecule has 0 spiro atoms. The van der Waals surface area contributed by atoms with E-state index in [4.69, 9.17) is 6.87 Å². The van der Waals surface area contributed by atoms with Gasteiger partial charge in [-0.05, 0) is 0 Å². The topological polar surface area (TPSA) is 46.1 Å². The zero-order valence-corrected chi connectivity index (χ0v) is 11.0. The number of halogens is 2. The molecule has 0 amide bonds. The Balaban J connectivity index is -0.0000000133. The van der Waals surface area contributed by atoms with Crippen molar-refractivity contribution in [3.8, 4) is 0 Å². The molecule has 0 heterocycles. The van der Waals surface area contributed by atoms with Crippen molar-refractivity contribution >= 4 is 94.9 Å². The van der Waals surface area contributed by atoms with E-state index in [1.54, 1.807) is 0 Å². The summed E-state index contributed by atoms with van der Waals surface area (Å²) in [5.74, 6) is 0. The molecule has 0 radical (unpaired) electrons. The predicted octanol–water partition coefficient (Wildman–Crippen LogP) is -0.987. The predicted molar refractivity (Wildman–Crippen MR) is 33.8 cm³/mol. The maximum absolute atomic E-state index is 8.22. The van der Waals surface area contributed by atoms with Crippen LogP contribution in [0.2, 0.25) is 0 Å². The molecule has 5 heteroatoms. The van der Waals surface area contributed by atoms with E-state index in [2.05, 4.69) is 0 Å². The average Bonchev–Trinajstić information content (AvgIpc) is 1.50. The molecule has 0 saturated heterocycles. The molecule has 2 nitrogen and oxygen atoms in total. The van der Waals surface area contributed by atoms with Gasteiger partial charge in [-0.1, -0.05) is 0 Å². The Morgan fingerprint density at radius 3 is 0.800 bits per heavy atom. The van der Waals surface area contributed by atoms with Crippen LogP contribution in [0.3, 0.4) is 0 Å². The fourth-order valence-corrected chi connectivity index (χ4v) is 0. The van der Waals surface area contributed by atoms with E-state index in [0.717, 1.165) is 46.0 Å². The largest absolute Gasteiger partial charge is 2.00 e. The third-order valence-corrected chi connectivity index (χ3v) is 0. The number of hydrogen-bond acceptors (Lipinski definition) is 2. The quantitative estimate of drug-likeness (QED) is 0.372. The van der Waals surface area contributed by atoms with Crippen LogP contribution in [0.25, 0.3) is 0 Å². The number of rotatable bonds is 0. The fraction of sp³-hybridized carbons (Fsp3) is 0. The van der Waals surface area contributed by atoms with Crippen LogP contribution in [0.4, 0.5) is 0 Å². The van der Waals surface area contributed by atoms with Crippen LogP contribution in [0.1, 0.15) is 0 Å². The molecule has 0 aliphatic heterocycles. The smallest absolute Gasteiger partial charge is 0.795 e. The number of hydrogen-bond donors (Lipinski definition) is 0. The zero-order chi connectivity index (χ0) is 4.00. The molecule has 0 aromatic carbocycles. The first-order chi connectivity index (χ1) is 2.00. The molecule has 5 heavy (non-hydrogen) atoms. The second kappa shape index (κ2) is 28.3. The van der Waals surface area contributed by atoms with Crippen molar-refractivity contribution in [1.29, 1.82) is 0 Å². The summed E-state index contributed by atoms with van der Waals surface area (Å²) >= 11 is 1.80. The van der Waals surface area contributed by atoms with Crippen molar-refractivity contribution in [3.63, 3.8) is 0 Å². The van der Waals surface area contributed by atoms with Crippen molar-refractivity contribution in [3.05, 3.63) is 0 Å². The maximum Gasteiger partial charge on any atom is 2.00 e. The minimum absolute atomic E-state index is 0. The molecule has 0 aromatic heterocycles.